The predicted molar refractivity (Wildman–Crippen MR) is 76.6 cm³/mol. The van der Waals surface area contributed by atoms with Crippen LogP contribution in [0.5, 0.6) is 0 Å². The van der Waals surface area contributed by atoms with E-state index in [0.717, 1.165) is 11.1 Å². The van der Waals surface area contributed by atoms with Gasteiger partial charge in [-0.2, -0.15) is 0 Å². The van der Waals surface area contributed by atoms with Crippen LogP contribution in [0, 0.1) is 0 Å². The molecule has 0 amide bonds. The first-order chi connectivity index (χ1) is 7.85. The Hall–Kier alpha value is -0.350. The highest BCUT2D eigenvalue weighted by atomic mass is 79.9. The van der Waals surface area contributed by atoms with Gasteiger partial charge in [-0.3, -0.25) is 4.79 Å². The first-order valence-electron chi connectivity index (χ1n) is 5.36. The molecule has 0 radical (unpaired) electrons. The number of esters is 1. The molecule has 0 saturated heterocycles. The summed E-state index contributed by atoms with van der Waals surface area (Å²) in [5.41, 5.74) is 1.56. The highest BCUT2D eigenvalue weighted by Crippen LogP contribution is 2.29. The smallest absolute Gasteiger partial charge is 0.324 e. The van der Waals surface area contributed by atoms with Crippen molar-refractivity contribution in [1.29, 1.82) is 0 Å². The Morgan fingerprint density at radius 3 is 2.47 bits per heavy atom. The van der Waals surface area contributed by atoms with Crippen molar-refractivity contribution in [3.63, 3.8) is 0 Å². The zero-order chi connectivity index (χ0) is 13.1. The van der Waals surface area contributed by atoms with E-state index in [-0.39, 0.29) is 5.97 Å². The van der Waals surface area contributed by atoms with E-state index in [1.54, 1.807) is 0 Å². The number of halogens is 2. The van der Waals surface area contributed by atoms with Gasteiger partial charge in [0.25, 0.3) is 0 Å². The van der Waals surface area contributed by atoms with Crippen LogP contribution in [-0.4, -0.2) is 11.6 Å². The van der Waals surface area contributed by atoms with Crippen LogP contribution in [0.25, 0.3) is 0 Å². The summed E-state index contributed by atoms with van der Waals surface area (Å²) < 4.78 is 5.35. The van der Waals surface area contributed by atoms with E-state index in [0.29, 0.717) is 5.33 Å². The van der Waals surface area contributed by atoms with E-state index < -0.39 is 10.4 Å². The van der Waals surface area contributed by atoms with Gasteiger partial charge in [0.2, 0.25) is 0 Å². The summed E-state index contributed by atoms with van der Waals surface area (Å²) in [5, 5.41) is 0.716. The second kappa shape index (κ2) is 6.01. The lowest BCUT2D eigenvalue weighted by Gasteiger charge is -2.22. The standard InChI is InChI=1S/C13H16Br2O2/c1-13(2,3)17-12(16)11(15)10-7-5-4-6-9(10)8-14/h4-7,11H,8H2,1-3H3. The Kier molecular flexibility index (Phi) is 5.20. The van der Waals surface area contributed by atoms with Crippen LogP contribution in [0.4, 0.5) is 0 Å². The fourth-order valence-electron chi connectivity index (χ4n) is 1.38. The molecule has 1 rings (SSSR count). The van der Waals surface area contributed by atoms with E-state index >= 15 is 0 Å². The molecule has 0 heterocycles. The molecule has 0 bridgehead atoms. The fraction of sp³-hybridized carbons (Fsp3) is 0.462. The zero-order valence-corrected chi connectivity index (χ0v) is 13.3. The number of hydrogen-bond donors (Lipinski definition) is 0. The molecule has 0 aliphatic rings. The average molecular weight is 364 g/mol. The Bertz CT molecular complexity index is 397. The molecular formula is C13H16Br2O2. The lowest BCUT2D eigenvalue weighted by Crippen LogP contribution is -2.26. The molecule has 0 spiro atoms. The molecule has 17 heavy (non-hydrogen) atoms. The van der Waals surface area contributed by atoms with Gasteiger partial charge in [-0.05, 0) is 31.9 Å². The van der Waals surface area contributed by atoms with Gasteiger partial charge in [-0.25, -0.2) is 0 Å². The molecule has 2 nitrogen and oxygen atoms in total. The third-order valence-corrected chi connectivity index (χ3v) is 3.56. The number of hydrogen-bond acceptors (Lipinski definition) is 2. The number of carbonyl (C=O) groups is 1. The average Bonchev–Trinajstić information content (AvgIpc) is 2.25. The monoisotopic (exact) mass is 362 g/mol. The van der Waals surface area contributed by atoms with Gasteiger partial charge in [-0.15, -0.1) is 0 Å². The summed E-state index contributed by atoms with van der Waals surface area (Å²) in [6.07, 6.45) is 0. The molecule has 1 atom stereocenters. The highest BCUT2D eigenvalue weighted by molar-refractivity contribution is 9.09. The minimum Gasteiger partial charge on any atom is -0.459 e. The molecule has 0 fully saturated rings. The largest absolute Gasteiger partial charge is 0.459 e. The number of ether oxygens (including phenoxy) is 1. The maximum absolute atomic E-state index is 11.9. The van der Waals surface area contributed by atoms with Crippen molar-refractivity contribution in [2.45, 2.75) is 36.5 Å². The third-order valence-electron chi connectivity index (χ3n) is 2.09. The molecular weight excluding hydrogens is 348 g/mol. The summed E-state index contributed by atoms with van der Waals surface area (Å²) in [7, 11) is 0. The molecule has 1 aromatic carbocycles. The number of alkyl halides is 2. The van der Waals surface area contributed by atoms with Crippen molar-refractivity contribution in [2.75, 3.05) is 0 Å². The lowest BCUT2D eigenvalue weighted by atomic mass is 10.1. The fourth-order valence-corrected chi connectivity index (χ4v) is 2.43. The van der Waals surface area contributed by atoms with Crippen LogP contribution in [0.3, 0.4) is 0 Å². The molecule has 4 heteroatoms. The molecule has 94 valence electrons. The Labute approximate surface area is 119 Å². The van der Waals surface area contributed by atoms with Crippen LogP contribution in [-0.2, 0) is 14.9 Å². The molecule has 0 aromatic heterocycles. The van der Waals surface area contributed by atoms with Crippen LogP contribution < -0.4 is 0 Å². The lowest BCUT2D eigenvalue weighted by molar-refractivity contribution is -0.154. The van der Waals surface area contributed by atoms with Crippen molar-refractivity contribution in [3.8, 4) is 0 Å². The third kappa shape index (κ3) is 4.43. The summed E-state index contributed by atoms with van der Waals surface area (Å²) in [4.78, 5) is 11.5. The topological polar surface area (TPSA) is 26.3 Å². The zero-order valence-electron chi connectivity index (χ0n) is 10.2. The molecule has 0 aliphatic carbocycles. The van der Waals surface area contributed by atoms with Gasteiger partial charge in [-0.1, -0.05) is 56.1 Å². The van der Waals surface area contributed by atoms with Crippen molar-refractivity contribution in [1.82, 2.24) is 0 Å². The summed E-state index contributed by atoms with van der Waals surface area (Å²) in [5.74, 6) is -0.258. The molecule has 0 N–H and O–H groups in total. The number of rotatable bonds is 3. The quantitative estimate of drug-likeness (QED) is 0.589. The van der Waals surface area contributed by atoms with Crippen LogP contribution in [0.2, 0.25) is 0 Å². The van der Waals surface area contributed by atoms with Gasteiger partial charge >= 0.3 is 5.97 Å². The predicted octanol–water partition coefficient (Wildman–Crippen LogP) is 4.36. The number of benzene rings is 1. The van der Waals surface area contributed by atoms with Gasteiger partial charge in [0.05, 0.1) is 0 Å². The maximum atomic E-state index is 11.9. The van der Waals surface area contributed by atoms with Crippen LogP contribution in [0.15, 0.2) is 24.3 Å². The molecule has 0 aliphatic heterocycles. The molecule has 1 aromatic rings. The first-order valence-corrected chi connectivity index (χ1v) is 7.39. The van der Waals surface area contributed by atoms with Crippen molar-refractivity contribution < 1.29 is 9.53 Å². The van der Waals surface area contributed by atoms with Crippen LogP contribution in [0.1, 0.15) is 36.7 Å². The van der Waals surface area contributed by atoms with Crippen molar-refractivity contribution >= 4 is 37.8 Å². The van der Waals surface area contributed by atoms with E-state index in [1.807, 2.05) is 45.0 Å². The van der Waals surface area contributed by atoms with Crippen molar-refractivity contribution in [2.24, 2.45) is 0 Å². The summed E-state index contributed by atoms with van der Waals surface area (Å²) in [6, 6.07) is 7.79. The van der Waals surface area contributed by atoms with E-state index in [4.69, 9.17) is 4.74 Å². The van der Waals surface area contributed by atoms with Crippen LogP contribution >= 0.6 is 31.9 Å². The minimum absolute atomic E-state index is 0.258. The second-order valence-electron chi connectivity index (χ2n) is 4.73. The van der Waals surface area contributed by atoms with Gasteiger partial charge < -0.3 is 4.74 Å². The summed E-state index contributed by atoms with van der Waals surface area (Å²) >= 11 is 6.81. The Morgan fingerprint density at radius 2 is 1.94 bits per heavy atom. The van der Waals surface area contributed by atoms with E-state index in [2.05, 4.69) is 31.9 Å². The van der Waals surface area contributed by atoms with Gasteiger partial charge in [0, 0.05) is 5.33 Å². The SMILES string of the molecule is CC(C)(C)OC(=O)C(Br)c1ccccc1CBr. The second-order valence-corrected chi connectivity index (χ2v) is 6.20. The Morgan fingerprint density at radius 1 is 1.35 bits per heavy atom. The van der Waals surface area contributed by atoms with E-state index in [9.17, 15) is 4.79 Å². The normalized spacial score (nSPS) is 13.2. The van der Waals surface area contributed by atoms with Gasteiger partial charge in [0.1, 0.15) is 10.4 Å². The molecule has 1 unspecified atom stereocenters. The first kappa shape index (κ1) is 14.7. The summed E-state index contributed by atoms with van der Waals surface area (Å²) in [6.45, 7) is 5.59. The molecule has 0 saturated carbocycles. The maximum Gasteiger partial charge on any atom is 0.324 e. The van der Waals surface area contributed by atoms with Crippen molar-refractivity contribution in [3.05, 3.63) is 35.4 Å². The Balaban J connectivity index is 2.89. The minimum atomic E-state index is -0.466. The number of carbonyl (C=O) groups excluding carboxylic acids is 1. The van der Waals surface area contributed by atoms with Gasteiger partial charge in [0.15, 0.2) is 0 Å². The highest BCUT2D eigenvalue weighted by Gasteiger charge is 2.25. The van der Waals surface area contributed by atoms with E-state index in [1.165, 1.54) is 0 Å².